The standard InChI is InChI=1S/C12H16N2/c1-10-8-14(11(2)13-10)9-12-6-4-3-5-7-12/h3-7,10H,8-9H2,1-2H3. The quantitative estimate of drug-likeness (QED) is 0.695. The van der Waals surface area contributed by atoms with Crippen LogP contribution in [0.5, 0.6) is 0 Å². The Morgan fingerprint density at radius 1 is 1.36 bits per heavy atom. The van der Waals surface area contributed by atoms with Crippen LogP contribution in [0.15, 0.2) is 35.3 Å². The van der Waals surface area contributed by atoms with Gasteiger partial charge in [-0.1, -0.05) is 30.3 Å². The third-order valence-corrected chi connectivity index (χ3v) is 2.57. The molecule has 1 heterocycles. The summed E-state index contributed by atoms with van der Waals surface area (Å²) in [5, 5.41) is 0. The van der Waals surface area contributed by atoms with E-state index in [4.69, 9.17) is 0 Å². The Morgan fingerprint density at radius 2 is 2.07 bits per heavy atom. The van der Waals surface area contributed by atoms with E-state index >= 15 is 0 Å². The highest BCUT2D eigenvalue weighted by atomic mass is 15.2. The van der Waals surface area contributed by atoms with Gasteiger partial charge in [0.2, 0.25) is 0 Å². The second-order valence-electron chi connectivity index (χ2n) is 3.89. The van der Waals surface area contributed by atoms with Crippen LogP contribution in [0.25, 0.3) is 0 Å². The summed E-state index contributed by atoms with van der Waals surface area (Å²) in [5.41, 5.74) is 1.36. The summed E-state index contributed by atoms with van der Waals surface area (Å²) in [6.07, 6.45) is 0. The Kier molecular flexibility index (Phi) is 2.53. The van der Waals surface area contributed by atoms with Crippen molar-refractivity contribution in [2.24, 2.45) is 4.99 Å². The zero-order chi connectivity index (χ0) is 9.97. The van der Waals surface area contributed by atoms with E-state index in [9.17, 15) is 0 Å². The number of aliphatic imine (C=N–C) groups is 1. The summed E-state index contributed by atoms with van der Waals surface area (Å²) in [7, 11) is 0. The summed E-state index contributed by atoms with van der Waals surface area (Å²) in [5.74, 6) is 1.17. The third-order valence-electron chi connectivity index (χ3n) is 2.57. The fourth-order valence-corrected chi connectivity index (χ4v) is 1.88. The number of rotatable bonds is 2. The van der Waals surface area contributed by atoms with Crippen LogP contribution in [0.2, 0.25) is 0 Å². The van der Waals surface area contributed by atoms with Gasteiger partial charge in [-0.15, -0.1) is 0 Å². The topological polar surface area (TPSA) is 15.6 Å². The van der Waals surface area contributed by atoms with E-state index in [2.05, 4.69) is 54.1 Å². The lowest BCUT2D eigenvalue weighted by molar-refractivity contribution is 0.424. The molecule has 0 aromatic heterocycles. The lowest BCUT2D eigenvalue weighted by Gasteiger charge is -2.18. The highest BCUT2D eigenvalue weighted by Crippen LogP contribution is 2.12. The average Bonchev–Trinajstić information content (AvgIpc) is 2.47. The smallest absolute Gasteiger partial charge is 0.0965 e. The normalized spacial score (nSPS) is 21.1. The Hall–Kier alpha value is -1.31. The molecule has 1 aromatic rings. The highest BCUT2D eigenvalue weighted by Gasteiger charge is 2.17. The first kappa shape index (κ1) is 9.25. The molecule has 0 radical (unpaired) electrons. The fourth-order valence-electron chi connectivity index (χ4n) is 1.88. The SMILES string of the molecule is CC1=NC(C)CN1Cc1ccccc1. The molecular formula is C12H16N2. The van der Waals surface area contributed by atoms with Crippen molar-refractivity contribution in [3.8, 4) is 0 Å². The predicted molar refractivity (Wildman–Crippen MR) is 59.4 cm³/mol. The van der Waals surface area contributed by atoms with Gasteiger partial charge in [0.05, 0.1) is 11.9 Å². The maximum Gasteiger partial charge on any atom is 0.0965 e. The van der Waals surface area contributed by atoms with Crippen molar-refractivity contribution >= 4 is 5.84 Å². The van der Waals surface area contributed by atoms with Gasteiger partial charge in [0.15, 0.2) is 0 Å². The zero-order valence-electron chi connectivity index (χ0n) is 8.77. The Balaban J connectivity index is 2.03. The number of amidine groups is 1. The highest BCUT2D eigenvalue weighted by molar-refractivity contribution is 5.81. The molecule has 0 aliphatic carbocycles. The first-order valence-electron chi connectivity index (χ1n) is 5.09. The number of hydrogen-bond donors (Lipinski definition) is 0. The second-order valence-corrected chi connectivity index (χ2v) is 3.89. The van der Waals surface area contributed by atoms with Gasteiger partial charge in [-0.25, -0.2) is 0 Å². The first-order chi connectivity index (χ1) is 6.75. The number of benzene rings is 1. The fraction of sp³-hybridized carbons (Fsp3) is 0.417. The molecule has 1 aliphatic heterocycles. The molecule has 74 valence electrons. The molecule has 0 N–H and O–H groups in total. The Bertz CT molecular complexity index is 329. The van der Waals surface area contributed by atoms with Crippen molar-refractivity contribution in [3.05, 3.63) is 35.9 Å². The molecule has 0 saturated heterocycles. The van der Waals surface area contributed by atoms with E-state index in [1.54, 1.807) is 0 Å². The van der Waals surface area contributed by atoms with Crippen LogP contribution in [0, 0.1) is 0 Å². The molecule has 0 bridgehead atoms. The van der Waals surface area contributed by atoms with Crippen LogP contribution in [-0.2, 0) is 6.54 Å². The van der Waals surface area contributed by atoms with Crippen molar-refractivity contribution in [2.75, 3.05) is 6.54 Å². The third kappa shape index (κ3) is 1.95. The molecule has 0 fully saturated rings. The minimum absolute atomic E-state index is 0.457. The lowest BCUT2D eigenvalue weighted by atomic mass is 10.2. The summed E-state index contributed by atoms with van der Waals surface area (Å²) in [4.78, 5) is 6.84. The molecule has 0 spiro atoms. The van der Waals surface area contributed by atoms with E-state index < -0.39 is 0 Å². The summed E-state index contributed by atoms with van der Waals surface area (Å²) >= 11 is 0. The molecule has 1 atom stereocenters. The van der Waals surface area contributed by atoms with Crippen molar-refractivity contribution in [1.82, 2.24) is 4.90 Å². The Labute approximate surface area is 85.3 Å². The van der Waals surface area contributed by atoms with Crippen LogP contribution >= 0.6 is 0 Å². The minimum atomic E-state index is 0.457. The maximum atomic E-state index is 4.51. The van der Waals surface area contributed by atoms with Gasteiger partial charge in [-0.3, -0.25) is 4.99 Å². The summed E-state index contributed by atoms with van der Waals surface area (Å²) in [6.45, 7) is 6.29. The molecule has 2 rings (SSSR count). The molecule has 1 aromatic carbocycles. The van der Waals surface area contributed by atoms with Gasteiger partial charge in [0, 0.05) is 13.1 Å². The van der Waals surface area contributed by atoms with Gasteiger partial charge >= 0.3 is 0 Å². The lowest BCUT2D eigenvalue weighted by Crippen LogP contribution is -2.26. The monoisotopic (exact) mass is 188 g/mol. The maximum absolute atomic E-state index is 4.51. The van der Waals surface area contributed by atoms with Crippen molar-refractivity contribution in [3.63, 3.8) is 0 Å². The predicted octanol–water partition coefficient (Wildman–Crippen LogP) is 2.31. The van der Waals surface area contributed by atoms with Crippen LogP contribution in [-0.4, -0.2) is 23.3 Å². The van der Waals surface area contributed by atoms with E-state index in [0.717, 1.165) is 13.1 Å². The largest absolute Gasteiger partial charge is 0.354 e. The van der Waals surface area contributed by atoms with Crippen LogP contribution in [0.3, 0.4) is 0 Å². The molecule has 0 saturated carbocycles. The molecule has 2 heteroatoms. The molecule has 2 nitrogen and oxygen atoms in total. The first-order valence-corrected chi connectivity index (χ1v) is 5.09. The van der Waals surface area contributed by atoms with Gasteiger partial charge in [0.25, 0.3) is 0 Å². The number of hydrogen-bond acceptors (Lipinski definition) is 2. The number of nitrogens with zero attached hydrogens (tertiary/aromatic N) is 2. The van der Waals surface area contributed by atoms with Crippen molar-refractivity contribution < 1.29 is 0 Å². The van der Waals surface area contributed by atoms with Gasteiger partial charge in [-0.2, -0.15) is 0 Å². The van der Waals surface area contributed by atoms with E-state index in [1.807, 2.05) is 0 Å². The minimum Gasteiger partial charge on any atom is -0.354 e. The van der Waals surface area contributed by atoms with Gasteiger partial charge in [-0.05, 0) is 19.4 Å². The van der Waals surface area contributed by atoms with Crippen LogP contribution < -0.4 is 0 Å². The summed E-state index contributed by atoms with van der Waals surface area (Å²) < 4.78 is 0. The van der Waals surface area contributed by atoms with Crippen molar-refractivity contribution in [2.45, 2.75) is 26.4 Å². The molecular weight excluding hydrogens is 172 g/mol. The van der Waals surface area contributed by atoms with Crippen LogP contribution in [0.4, 0.5) is 0 Å². The zero-order valence-corrected chi connectivity index (χ0v) is 8.77. The van der Waals surface area contributed by atoms with E-state index in [0.29, 0.717) is 6.04 Å². The summed E-state index contributed by atoms with van der Waals surface area (Å²) in [6, 6.07) is 11.0. The molecule has 0 amide bonds. The molecule has 1 aliphatic rings. The Morgan fingerprint density at radius 3 is 2.64 bits per heavy atom. The van der Waals surface area contributed by atoms with Gasteiger partial charge < -0.3 is 4.90 Å². The molecule has 14 heavy (non-hydrogen) atoms. The van der Waals surface area contributed by atoms with Gasteiger partial charge in [0.1, 0.15) is 0 Å². The molecule has 1 unspecified atom stereocenters. The van der Waals surface area contributed by atoms with E-state index in [-0.39, 0.29) is 0 Å². The average molecular weight is 188 g/mol. The van der Waals surface area contributed by atoms with Crippen molar-refractivity contribution in [1.29, 1.82) is 0 Å². The van der Waals surface area contributed by atoms with Crippen LogP contribution in [0.1, 0.15) is 19.4 Å². The second kappa shape index (κ2) is 3.82. The van der Waals surface area contributed by atoms with E-state index in [1.165, 1.54) is 11.4 Å².